The molecule has 0 aromatic carbocycles. The van der Waals surface area contributed by atoms with Gasteiger partial charge < -0.3 is 4.90 Å². The molecule has 2 heteroatoms. The van der Waals surface area contributed by atoms with E-state index in [9.17, 15) is 0 Å². The zero-order valence-corrected chi connectivity index (χ0v) is 6.93. The van der Waals surface area contributed by atoms with Crippen LogP contribution in [0.1, 0.15) is 6.92 Å². The summed E-state index contributed by atoms with van der Waals surface area (Å²) >= 11 is 0. The highest BCUT2D eigenvalue weighted by Gasteiger charge is 2.13. The van der Waals surface area contributed by atoms with Gasteiger partial charge in [0.15, 0.2) is 0 Å². The maximum absolute atomic E-state index is 4.00. The van der Waals surface area contributed by atoms with Gasteiger partial charge in [-0.2, -0.15) is 0 Å². The van der Waals surface area contributed by atoms with Crippen molar-refractivity contribution >= 4 is 0 Å². The summed E-state index contributed by atoms with van der Waals surface area (Å²) in [5, 5.41) is 0. The average Bonchev–Trinajstić information content (AvgIpc) is 1.88. The summed E-state index contributed by atoms with van der Waals surface area (Å²) in [6.45, 7) is 10.6. The second kappa shape index (κ2) is 3.06. The zero-order valence-electron chi connectivity index (χ0n) is 6.93. The molecule has 0 spiro atoms. The topological polar surface area (TPSA) is 6.48 Å². The Bertz CT molecular complexity index is 131. The molecule has 1 aliphatic rings. The van der Waals surface area contributed by atoms with Crippen molar-refractivity contribution in [1.29, 1.82) is 0 Å². The maximum Gasteiger partial charge on any atom is 0.0375 e. The van der Waals surface area contributed by atoms with E-state index in [4.69, 9.17) is 0 Å². The monoisotopic (exact) mass is 140 g/mol. The SMILES string of the molecule is C=C1CN(C)CCN1CC. The smallest absolute Gasteiger partial charge is 0.0375 e. The summed E-state index contributed by atoms with van der Waals surface area (Å²) in [6, 6.07) is 0. The van der Waals surface area contributed by atoms with Gasteiger partial charge in [-0.3, -0.25) is 4.90 Å². The van der Waals surface area contributed by atoms with Crippen LogP contribution in [0.4, 0.5) is 0 Å². The van der Waals surface area contributed by atoms with Gasteiger partial charge >= 0.3 is 0 Å². The molecule has 1 rings (SSSR count). The Balaban J connectivity index is 2.43. The van der Waals surface area contributed by atoms with Crippen LogP contribution in [0.2, 0.25) is 0 Å². The van der Waals surface area contributed by atoms with Crippen LogP contribution in [0, 0.1) is 0 Å². The number of hydrogen-bond acceptors (Lipinski definition) is 2. The summed E-state index contributed by atoms with van der Waals surface area (Å²) < 4.78 is 0. The van der Waals surface area contributed by atoms with Crippen molar-refractivity contribution in [3.05, 3.63) is 12.3 Å². The van der Waals surface area contributed by atoms with E-state index in [-0.39, 0.29) is 0 Å². The van der Waals surface area contributed by atoms with Crippen molar-refractivity contribution < 1.29 is 0 Å². The minimum Gasteiger partial charge on any atom is -0.373 e. The summed E-state index contributed by atoms with van der Waals surface area (Å²) in [5.74, 6) is 0. The third-order valence-corrected chi connectivity index (χ3v) is 2.03. The van der Waals surface area contributed by atoms with E-state index in [1.807, 2.05) is 0 Å². The maximum atomic E-state index is 4.00. The fourth-order valence-electron chi connectivity index (χ4n) is 1.32. The van der Waals surface area contributed by atoms with Gasteiger partial charge in [0.1, 0.15) is 0 Å². The second-order valence-corrected chi connectivity index (χ2v) is 2.88. The van der Waals surface area contributed by atoms with Crippen LogP contribution in [-0.4, -0.2) is 43.0 Å². The molecule has 1 aliphatic heterocycles. The van der Waals surface area contributed by atoms with Crippen LogP contribution < -0.4 is 0 Å². The molecular weight excluding hydrogens is 124 g/mol. The average molecular weight is 140 g/mol. The molecular formula is C8H16N2. The van der Waals surface area contributed by atoms with Gasteiger partial charge in [-0.25, -0.2) is 0 Å². The van der Waals surface area contributed by atoms with Crippen LogP contribution in [-0.2, 0) is 0 Å². The van der Waals surface area contributed by atoms with Crippen LogP contribution in [0.5, 0.6) is 0 Å². The number of piperazine rings is 1. The van der Waals surface area contributed by atoms with E-state index in [0.717, 1.165) is 19.6 Å². The van der Waals surface area contributed by atoms with Gasteiger partial charge in [0.2, 0.25) is 0 Å². The third kappa shape index (κ3) is 1.51. The van der Waals surface area contributed by atoms with Crippen LogP contribution >= 0.6 is 0 Å². The summed E-state index contributed by atoms with van der Waals surface area (Å²) in [4.78, 5) is 4.63. The quantitative estimate of drug-likeness (QED) is 0.531. The van der Waals surface area contributed by atoms with E-state index in [0.29, 0.717) is 0 Å². The van der Waals surface area contributed by atoms with Crippen LogP contribution in [0.15, 0.2) is 12.3 Å². The Morgan fingerprint density at radius 2 is 2.20 bits per heavy atom. The molecule has 0 saturated carbocycles. The minimum absolute atomic E-state index is 1.04. The third-order valence-electron chi connectivity index (χ3n) is 2.03. The van der Waals surface area contributed by atoms with E-state index in [1.165, 1.54) is 12.2 Å². The summed E-state index contributed by atoms with van der Waals surface area (Å²) in [7, 11) is 2.14. The standard InChI is InChI=1S/C8H16N2/c1-4-10-6-5-9(3)7-8(10)2/h2,4-7H2,1,3H3. The van der Waals surface area contributed by atoms with Crippen LogP contribution in [0.25, 0.3) is 0 Å². The van der Waals surface area contributed by atoms with E-state index in [1.54, 1.807) is 0 Å². The number of hydrogen-bond donors (Lipinski definition) is 0. The second-order valence-electron chi connectivity index (χ2n) is 2.88. The Morgan fingerprint density at radius 1 is 1.50 bits per heavy atom. The van der Waals surface area contributed by atoms with Crippen molar-refractivity contribution in [3.63, 3.8) is 0 Å². The molecule has 2 nitrogen and oxygen atoms in total. The lowest BCUT2D eigenvalue weighted by molar-refractivity contribution is 0.210. The molecule has 0 aromatic rings. The molecule has 0 aromatic heterocycles. The first-order valence-corrected chi connectivity index (χ1v) is 3.85. The predicted octanol–water partition coefficient (Wildman–Crippen LogP) is 0.767. The Hall–Kier alpha value is -0.500. The van der Waals surface area contributed by atoms with E-state index in [2.05, 4.69) is 30.4 Å². The Labute approximate surface area is 63.1 Å². The van der Waals surface area contributed by atoms with E-state index < -0.39 is 0 Å². The van der Waals surface area contributed by atoms with Gasteiger partial charge in [0.25, 0.3) is 0 Å². The first-order chi connectivity index (χ1) is 4.74. The van der Waals surface area contributed by atoms with Crippen LogP contribution in [0.3, 0.4) is 0 Å². The van der Waals surface area contributed by atoms with Crippen molar-refractivity contribution in [2.45, 2.75) is 6.92 Å². The summed E-state index contributed by atoms with van der Waals surface area (Å²) in [6.07, 6.45) is 0. The molecule has 1 saturated heterocycles. The normalized spacial score (nSPS) is 21.8. The fraction of sp³-hybridized carbons (Fsp3) is 0.750. The van der Waals surface area contributed by atoms with E-state index >= 15 is 0 Å². The van der Waals surface area contributed by atoms with Gasteiger partial charge in [-0.1, -0.05) is 6.58 Å². The van der Waals surface area contributed by atoms with Gasteiger partial charge in [0, 0.05) is 31.9 Å². The molecule has 0 aliphatic carbocycles. The molecule has 0 radical (unpaired) electrons. The lowest BCUT2D eigenvalue weighted by Gasteiger charge is -2.35. The Kier molecular flexibility index (Phi) is 2.33. The first-order valence-electron chi connectivity index (χ1n) is 3.85. The van der Waals surface area contributed by atoms with Gasteiger partial charge in [-0.05, 0) is 14.0 Å². The first kappa shape index (κ1) is 7.61. The number of nitrogens with zero attached hydrogens (tertiary/aromatic N) is 2. The van der Waals surface area contributed by atoms with Crippen molar-refractivity contribution in [3.8, 4) is 0 Å². The highest BCUT2D eigenvalue weighted by molar-refractivity contribution is 4.99. The van der Waals surface area contributed by atoms with Crippen molar-refractivity contribution in [2.24, 2.45) is 0 Å². The number of rotatable bonds is 1. The van der Waals surface area contributed by atoms with Crippen molar-refractivity contribution in [1.82, 2.24) is 9.80 Å². The minimum atomic E-state index is 1.04. The molecule has 0 amide bonds. The lowest BCUT2D eigenvalue weighted by Crippen LogP contribution is -2.42. The molecule has 1 fully saturated rings. The number of likely N-dealkylation sites (N-methyl/N-ethyl adjacent to an activating group) is 2. The zero-order chi connectivity index (χ0) is 7.56. The van der Waals surface area contributed by atoms with Gasteiger partial charge in [-0.15, -0.1) is 0 Å². The molecule has 0 unspecified atom stereocenters. The molecule has 0 N–H and O–H groups in total. The fourth-order valence-corrected chi connectivity index (χ4v) is 1.32. The summed E-state index contributed by atoms with van der Waals surface area (Å²) in [5.41, 5.74) is 1.26. The molecule has 0 bridgehead atoms. The molecule has 1 heterocycles. The van der Waals surface area contributed by atoms with Gasteiger partial charge in [0.05, 0.1) is 0 Å². The molecule has 10 heavy (non-hydrogen) atoms. The molecule has 58 valence electrons. The Morgan fingerprint density at radius 3 is 2.70 bits per heavy atom. The lowest BCUT2D eigenvalue weighted by atomic mass is 10.3. The van der Waals surface area contributed by atoms with Crippen molar-refractivity contribution in [2.75, 3.05) is 33.2 Å². The highest BCUT2D eigenvalue weighted by atomic mass is 15.2. The molecule has 0 atom stereocenters. The largest absolute Gasteiger partial charge is 0.373 e. The highest BCUT2D eigenvalue weighted by Crippen LogP contribution is 2.08. The predicted molar refractivity (Wildman–Crippen MR) is 43.9 cm³/mol.